The maximum Gasteiger partial charge on any atom is 0.348 e. The average Bonchev–Trinajstić information content (AvgIpc) is 3.15. The molecule has 1 saturated heterocycles. The minimum absolute atomic E-state index is 0.0716. The Balaban J connectivity index is 1.56. The molecule has 0 bridgehead atoms. The van der Waals surface area contributed by atoms with Crippen LogP contribution in [0.4, 0.5) is 0 Å². The number of esters is 2. The number of hydrogen-bond donors (Lipinski definition) is 0. The van der Waals surface area contributed by atoms with E-state index in [4.69, 9.17) is 9.47 Å². The molecule has 2 atom stereocenters. The maximum absolute atomic E-state index is 12.8. The highest BCUT2D eigenvalue weighted by molar-refractivity contribution is 5.91. The lowest BCUT2D eigenvalue weighted by Gasteiger charge is -2.21. The lowest BCUT2D eigenvalue weighted by molar-refractivity contribution is -0.161. The van der Waals surface area contributed by atoms with Gasteiger partial charge in [-0.1, -0.05) is 18.2 Å². The van der Waals surface area contributed by atoms with Gasteiger partial charge in [0.2, 0.25) is 12.0 Å². The summed E-state index contributed by atoms with van der Waals surface area (Å²) in [6, 6.07) is 9.81. The third-order valence-corrected chi connectivity index (χ3v) is 4.52. The number of para-hydroxylation sites is 1. The molecule has 0 aliphatic carbocycles. The van der Waals surface area contributed by atoms with Crippen molar-refractivity contribution in [3.05, 3.63) is 41.6 Å². The Labute approximate surface area is 143 Å². The predicted molar refractivity (Wildman–Crippen MR) is 86.0 cm³/mol. The smallest absolute Gasteiger partial charge is 0.348 e. The maximum atomic E-state index is 12.8. The van der Waals surface area contributed by atoms with Crippen LogP contribution in [0.1, 0.15) is 18.2 Å². The van der Waals surface area contributed by atoms with Crippen LogP contribution in [-0.4, -0.2) is 40.4 Å². The Morgan fingerprint density at radius 3 is 2.88 bits per heavy atom. The Morgan fingerprint density at radius 2 is 2.08 bits per heavy atom. The number of pyridine rings is 1. The number of carbonyl (C=O) groups excluding carboxylic acids is 3. The van der Waals surface area contributed by atoms with E-state index in [2.05, 4.69) is 4.98 Å². The van der Waals surface area contributed by atoms with Crippen molar-refractivity contribution in [2.45, 2.75) is 26.1 Å². The summed E-state index contributed by atoms with van der Waals surface area (Å²) in [5.41, 5.74) is 2.72. The van der Waals surface area contributed by atoms with E-state index in [9.17, 15) is 14.4 Å². The summed E-state index contributed by atoms with van der Waals surface area (Å²) in [6.07, 6.45) is -1.17. The molecule has 0 spiro atoms. The van der Waals surface area contributed by atoms with Gasteiger partial charge in [-0.05, 0) is 17.7 Å². The van der Waals surface area contributed by atoms with Crippen LogP contribution < -0.4 is 0 Å². The zero-order valence-corrected chi connectivity index (χ0v) is 13.6. The molecule has 1 aromatic heterocycles. The van der Waals surface area contributed by atoms with E-state index in [1.54, 1.807) is 4.90 Å². The molecule has 7 heteroatoms. The van der Waals surface area contributed by atoms with Gasteiger partial charge in [-0.3, -0.25) is 14.6 Å². The van der Waals surface area contributed by atoms with Gasteiger partial charge in [-0.25, -0.2) is 4.79 Å². The molecule has 25 heavy (non-hydrogen) atoms. The third-order valence-electron chi connectivity index (χ3n) is 4.52. The first-order valence-corrected chi connectivity index (χ1v) is 8.03. The Kier molecular flexibility index (Phi) is 3.63. The topological polar surface area (TPSA) is 85.8 Å². The van der Waals surface area contributed by atoms with Crippen molar-refractivity contribution in [2.24, 2.45) is 5.92 Å². The number of rotatable bonds is 2. The molecule has 4 rings (SSSR count). The molecule has 0 saturated carbocycles. The fourth-order valence-electron chi connectivity index (χ4n) is 3.32. The van der Waals surface area contributed by atoms with Gasteiger partial charge in [0.25, 0.3) is 0 Å². The number of aromatic nitrogens is 1. The van der Waals surface area contributed by atoms with E-state index >= 15 is 0 Å². The summed E-state index contributed by atoms with van der Waals surface area (Å²) in [6.45, 7) is 1.92. The number of cyclic esters (lactones) is 1. The highest BCUT2D eigenvalue weighted by Gasteiger charge is 2.46. The molecule has 0 radical (unpaired) electrons. The molecule has 1 aromatic carbocycles. The van der Waals surface area contributed by atoms with E-state index < -0.39 is 24.0 Å². The number of nitrogens with zero attached hydrogens (tertiary/aromatic N) is 2. The average molecular weight is 340 g/mol. The summed E-state index contributed by atoms with van der Waals surface area (Å²) in [7, 11) is 0. The van der Waals surface area contributed by atoms with Crippen LogP contribution in [0, 0.1) is 5.92 Å². The van der Waals surface area contributed by atoms with Crippen LogP contribution in [0.2, 0.25) is 0 Å². The van der Waals surface area contributed by atoms with Crippen LogP contribution in [0.15, 0.2) is 30.3 Å². The zero-order chi connectivity index (χ0) is 17.6. The van der Waals surface area contributed by atoms with Gasteiger partial charge in [0.05, 0.1) is 17.8 Å². The summed E-state index contributed by atoms with van der Waals surface area (Å²) in [5.74, 6) is -2.35. The molecule has 2 aromatic rings. The van der Waals surface area contributed by atoms with Crippen LogP contribution in [0.25, 0.3) is 10.9 Å². The molecule has 3 heterocycles. The highest BCUT2D eigenvalue weighted by Crippen LogP contribution is 2.29. The normalized spacial score (nSPS) is 22.0. The standard InChI is InChI=1S/C18H16N2O5/c1-10(21)25-16-13(9-24-18(16)23)17(22)20-7-12-6-11-4-2-3-5-14(11)19-15(12)8-20/h2-6,13,16H,7-9H2,1H3. The number of ether oxygens (including phenoxy) is 2. The molecule has 2 aliphatic heterocycles. The van der Waals surface area contributed by atoms with Gasteiger partial charge in [0, 0.05) is 18.9 Å². The largest absolute Gasteiger partial charge is 0.462 e. The van der Waals surface area contributed by atoms with Crippen LogP contribution in [0.3, 0.4) is 0 Å². The van der Waals surface area contributed by atoms with Crippen molar-refractivity contribution in [3.63, 3.8) is 0 Å². The van der Waals surface area contributed by atoms with Crippen molar-refractivity contribution in [1.82, 2.24) is 9.88 Å². The third kappa shape index (κ3) is 2.71. The van der Waals surface area contributed by atoms with Crippen molar-refractivity contribution < 1.29 is 23.9 Å². The van der Waals surface area contributed by atoms with Crippen molar-refractivity contribution in [1.29, 1.82) is 0 Å². The lowest BCUT2D eigenvalue weighted by Crippen LogP contribution is -2.40. The van der Waals surface area contributed by atoms with E-state index in [-0.39, 0.29) is 12.5 Å². The molecule has 1 fully saturated rings. The van der Waals surface area contributed by atoms with Crippen LogP contribution >= 0.6 is 0 Å². The van der Waals surface area contributed by atoms with E-state index in [0.29, 0.717) is 13.1 Å². The minimum Gasteiger partial charge on any atom is -0.462 e. The first-order valence-electron chi connectivity index (χ1n) is 8.03. The van der Waals surface area contributed by atoms with Gasteiger partial charge >= 0.3 is 11.9 Å². The molecular formula is C18H16N2O5. The first kappa shape index (κ1) is 15.6. The molecular weight excluding hydrogens is 324 g/mol. The van der Waals surface area contributed by atoms with Gasteiger partial charge in [0.1, 0.15) is 12.5 Å². The van der Waals surface area contributed by atoms with E-state index in [0.717, 1.165) is 22.2 Å². The summed E-state index contributed by atoms with van der Waals surface area (Å²) in [4.78, 5) is 42.0. The highest BCUT2D eigenvalue weighted by atomic mass is 16.6. The second kappa shape index (κ2) is 5.84. The number of fused-ring (bicyclic) bond motifs is 2. The summed E-state index contributed by atoms with van der Waals surface area (Å²) < 4.78 is 9.90. The molecule has 7 nitrogen and oxygen atoms in total. The first-order chi connectivity index (χ1) is 12.0. The van der Waals surface area contributed by atoms with Crippen molar-refractivity contribution in [2.75, 3.05) is 6.61 Å². The second-order valence-corrected chi connectivity index (χ2v) is 6.25. The zero-order valence-electron chi connectivity index (χ0n) is 13.6. The molecule has 1 amide bonds. The number of amides is 1. The van der Waals surface area contributed by atoms with Gasteiger partial charge in [-0.15, -0.1) is 0 Å². The van der Waals surface area contributed by atoms with Gasteiger partial charge in [0.15, 0.2) is 0 Å². The Hall–Kier alpha value is -2.96. The minimum atomic E-state index is -1.17. The fraction of sp³-hybridized carbons (Fsp3) is 0.333. The molecule has 0 N–H and O–H groups in total. The summed E-state index contributed by atoms with van der Waals surface area (Å²) in [5, 5.41) is 1.02. The second-order valence-electron chi connectivity index (χ2n) is 6.25. The van der Waals surface area contributed by atoms with E-state index in [1.807, 2.05) is 30.3 Å². The number of benzene rings is 1. The summed E-state index contributed by atoms with van der Waals surface area (Å²) >= 11 is 0. The van der Waals surface area contributed by atoms with Crippen LogP contribution in [-0.2, 0) is 36.9 Å². The number of hydrogen-bond acceptors (Lipinski definition) is 6. The fourth-order valence-corrected chi connectivity index (χ4v) is 3.32. The van der Waals surface area contributed by atoms with Crippen molar-refractivity contribution in [3.8, 4) is 0 Å². The molecule has 128 valence electrons. The van der Waals surface area contributed by atoms with Gasteiger partial charge in [-0.2, -0.15) is 0 Å². The van der Waals surface area contributed by atoms with Crippen molar-refractivity contribution >= 4 is 28.7 Å². The lowest BCUT2D eigenvalue weighted by atomic mass is 10.0. The SMILES string of the molecule is CC(=O)OC1C(=O)OCC1C(=O)N1Cc2cc3ccccc3nc2C1. The van der Waals surface area contributed by atoms with Gasteiger partial charge < -0.3 is 14.4 Å². The quantitative estimate of drug-likeness (QED) is 0.763. The Bertz CT molecular complexity index is 850. The number of carbonyl (C=O) groups is 3. The predicted octanol–water partition coefficient (Wildman–Crippen LogP) is 1.18. The van der Waals surface area contributed by atoms with Crippen LogP contribution in [0.5, 0.6) is 0 Å². The molecule has 2 unspecified atom stereocenters. The van der Waals surface area contributed by atoms with E-state index in [1.165, 1.54) is 6.92 Å². The Morgan fingerprint density at radius 1 is 1.28 bits per heavy atom. The molecule has 2 aliphatic rings. The monoisotopic (exact) mass is 340 g/mol.